The van der Waals surface area contributed by atoms with Crippen molar-refractivity contribution in [2.75, 3.05) is 12.3 Å². The highest BCUT2D eigenvalue weighted by Crippen LogP contribution is 2.35. The summed E-state index contributed by atoms with van der Waals surface area (Å²) in [4.78, 5) is 27.0. The molecule has 0 aliphatic carbocycles. The van der Waals surface area contributed by atoms with Crippen molar-refractivity contribution in [1.29, 1.82) is 0 Å². The molecule has 11 heteroatoms. The van der Waals surface area contributed by atoms with Gasteiger partial charge in [0.1, 0.15) is 41.0 Å². The summed E-state index contributed by atoms with van der Waals surface area (Å²) in [6, 6.07) is 9.57. The highest BCUT2D eigenvalue weighted by molar-refractivity contribution is 5.98. The molecule has 41 heavy (non-hydrogen) atoms. The van der Waals surface area contributed by atoms with Crippen LogP contribution in [0.1, 0.15) is 33.6 Å². The van der Waals surface area contributed by atoms with Gasteiger partial charge >= 0.3 is 0 Å². The lowest BCUT2D eigenvalue weighted by atomic mass is 9.95. The minimum absolute atomic E-state index is 0.0876. The molecule has 1 fully saturated rings. The lowest BCUT2D eigenvalue weighted by Gasteiger charge is -2.25. The summed E-state index contributed by atoms with van der Waals surface area (Å²) in [7, 11) is 0. The molecule has 0 spiro atoms. The molecule has 1 aliphatic heterocycles. The summed E-state index contributed by atoms with van der Waals surface area (Å²) in [5.41, 5.74) is 6.78. The quantitative estimate of drug-likeness (QED) is 0.231. The molecule has 1 atom stereocenters. The van der Waals surface area contributed by atoms with Crippen molar-refractivity contribution in [2.45, 2.75) is 46.2 Å². The van der Waals surface area contributed by atoms with Crippen LogP contribution in [0.5, 0.6) is 11.5 Å². The number of hydrogen-bond acceptors (Lipinski definition) is 6. The molecule has 1 amide bonds. The van der Waals surface area contributed by atoms with Gasteiger partial charge in [-0.25, -0.2) is 28.3 Å². The maximum atomic E-state index is 15.5. The van der Waals surface area contributed by atoms with E-state index in [1.54, 1.807) is 27.8 Å². The average molecular weight is 558 g/mol. The highest BCUT2D eigenvalue weighted by Gasteiger charge is 2.33. The predicted molar refractivity (Wildman–Crippen MR) is 150 cm³/mol. The first-order valence-corrected chi connectivity index (χ1v) is 13.2. The molecule has 4 aromatic rings. The number of rotatable bonds is 6. The minimum Gasteiger partial charge on any atom is -0.457 e. The Bertz CT molecular complexity index is 1700. The summed E-state index contributed by atoms with van der Waals surface area (Å²) in [5.74, 6) is -0.852. The van der Waals surface area contributed by atoms with Crippen LogP contribution in [-0.2, 0) is 11.3 Å². The van der Waals surface area contributed by atoms with Crippen LogP contribution >= 0.6 is 0 Å². The Labute approximate surface area is 236 Å². The van der Waals surface area contributed by atoms with Crippen molar-refractivity contribution in [1.82, 2.24) is 24.6 Å². The molecule has 5 rings (SSSR count). The number of hydrogen-bond donors (Lipinski definition) is 1. The Morgan fingerprint density at radius 3 is 2.68 bits per heavy atom. The Morgan fingerprint density at radius 2 is 1.98 bits per heavy atom. The van der Waals surface area contributed by atoms with E-state index in [1.807, 2.05) is 20.8 Å². The number of nitrogen functional groups attached to an aromatic ring is 1. The molecule has 2 aromatic carbocycles. The normalized spacial score (nSPS) is 15.8. The van der Waals surface area contributed by atoms with Crippen LogP contribution in [-0.4, -0.2) is 43.1 Å². The van der Waals surface area contributed by atoms with E-state index in [-0.39, 0.29) is 58.2 Å². The van der Waals surface area contributed by atoms with E-state index in [2.05, 4.69) is 19.9 Å². The Kier molecular flexibility index (Phi) is 7.41. The van der Waals surface area contributed by atoms with Gasteiger partial charge in [0, 0.05) is 24.2 Å². The fourth-order valence-corrected chi connectivity index (χ4v) is 4.96. The zero-order chi connectivity index (χ0) is 29.3. The highest BCUT2D eigenvalue weighted by atomic mass is 19.1. The van der Waals surface area contributed by atoms with Gasteiger partial charge in [-0.2, -0.15) is 5.10 Å². The number of likely N-dealkylation sites (tertiary alicyclic amines) is 1. The standard InChI is InChI=1S/C30H29F2N7O2/c1-30(2,3)15-24(34-4)29(40)38-12-6-8-19(38)16-39-28-25(27(33)35-17-36-28)26(37-39)22-11-10-21(14-23(22)32)41-20-9-5-7-18(31)13-20/h5,7,9-11,13-15,17,19H,6,8,12,16H2,1-3H3,(H2,33,35,36)/t19-/m1/s1. The molecule has 0 saturated carbocycles. The van der Waals surface area contributed by atoms with Gasteiger partial charge < -0.3 is 15.4 Å². The fraction of sp³-hybridized carbons (Fsp3) is 0.300. The molecule has 2 N–H and O–H groups in total. The van der Waals surface area contributed by atoms with Crippen LogP contribution in [0.15, 0.2) is 60.6 Å². The van der Waals surface area contributed by atoms with Crippen LogP contribution in [0.25, 0.3) is 27.1 Å². The van der Waals surface area contributed by atoms with E-state index in [0.29, 0.717) is 24.0 Å². The van der Waals surface area contributed by atoms with Gasteiger partial charge in [0.05, 0.1) is 24.5 Å². The van der Waals surface area contributed by atoms with E-state index < -0.39 is 11.6 Å². The molecule has 0 bridgehead atoms. The van der Waals surface area contributed by atoms with E-state index in [9.17, 15) is 9.18 Å². The van der Waals surface area contributed by atoms with Gasteiger partial charge in [-0.05, 0) is 42.5 Å². The lowest BCUT2D eigenvalue weighted by molar-refractivity contribution is -0.127. The van der Waals surface area contributed by atoms with Crippen molar-refractivity contribution in [3.63, 3.8) is 0 Å². The number of benzene rings is 2. The Hall–Kier alpha value is -4.85. The lowest BCUT2D eigenvalue weighted by Crippen LogP contribution is -2.39. The number of carbonyl (C=O) groups is 1. The van der Waals surface area contributed by atoms with E-state index >= 15 is 4.39 Å². The van der Waals surface area contributed by atoms with E-state index in [4.69, 9.17) is 17.0 Å². The number of nitrogens with two attached hydrogens (primary N) is 1. The zero-order valence-corrected chi connectivity index (χ0v) is 22.9. The molecular weight excluding hydrogens is 528 g/mol. The van der Waals surface area contributed by atoms with Gasteiger partial charge in [-0.3, -0.25) is 4.79 Å². The summed E-state index contributed by atoms with van der Waals surface area (Å²) >= 11 is 0. The third kappa shape index (κ3) is 5.87. The second kappa shape index (κ2) is 11.0. The molecule has 2 aromatic heterocycles. The minimum atomic E-state index is -0.625. The second-order valence-corrected chi connectivity index (χ2v) is 11.0. The largest absolute Gasteiger partial charge is 0.457 e. The zero-order valence-electron chi connectivity index (χ0n) is 22.9. The van der Waals surface area contributed by atoms with Crippen LogP contribution in [0.4, 0.5) is 14.6 Å². The average Bonchev–Trinajstić information content (AvgIpc) is 3.52. The first kappa shape index (κ1) is 27.7. The summed E-state index contributed by atoms with van der Waals surface area (Å²) in [6.45, 7) is 14.2. The predicted octanol–water partition coefficient (Wildman–Crippen LogP) is 5.99. The number of ether oxygens (including phenoxy) is 1. The molecular formula is C30H29F2N7O2. The molecule has 1 aliphatic rings. The van der Waals surface area contributed by atoms with Crippen molar-refractivity contribution < 1.29 is 18.3 Å². The third-order valence-electron chi connectivity index (χ3n) is 6.72. The van der Waals surface area contributed by atoms with Crippen molar-refractivity contribution in [3.05, 3.63) is 83.6 Å². The summed E-state index contributed by atoms with van der Waals surface area (Å²) in [5, 5.41) is 5.06. The van der Waals surface area contributed by atoms with Crippen LogP contribution in [0.2, 0.25) is 0 Å². The SMILES string of the molecule is [C-]#[N+]C(=CC(C)(C)C)C(=O)N1CCC[C@@H]1Cn1nc(-c2ccc(Oc3cccc(F)c3)cc2F)c2c(N)ncnc21. The molecule has 1 saturated heterocycles. The van der Waals surface area contributed by atoms with Gasteiger partial charge in [0.25, 0.3) is 5.91 Å². The molecule has 0 unspecified atom stereocenters. The first-order valence-electron chi connectivity index (χ1n) is 13.2. The van der Waals surface area contributed by atoms with Crippen LogP contribution < -0.4 is 10.5 Å². The van der Waals surface area contributed by atoms with E-state index in [1.165, 1.54) is 36.7 Å². The fourth-order valence-electron chi connectivity index (χ4n) is 4.96. The van der Waals surface area contributed by atoms with Crippen molar-refractivity contribution in [2.24, 2.45) is 5.41 Å². The topological polar surface area (TPSA) is 104 Å². The summed E-state index contributed by atoms with van der Waals surface area (Å²) < 4.78 is 36.2. The molecule has 3 heterocycles. The van der Waals surface area contributed by atoms with Gasteiger partial charge in [-0.15, -0.1) is 0 Å². The number of anilines is 1. The second-order valence-electron chi connectivity index (χ2n) is 11.0. The number of aromatic nitrogens is 4. The maximum absolute atomic E-state index is 15.5. The van der Waals surface area contributed by atoms with Gasteiger partial charge in [0.15, 0.2) is 5.65 Å². The number of fused-ring (bicyclic) bond motifs is 1. The first-order chi connectivity index (χ1) is 19.5. The number of halogens is 2. The molecule has 9 nitrogen and oxygen atoms in total. The van der Waals surface area contributed by atoms with Crippen LogP contribution in [0, 0.1) is 23.6 Å². The van der Waals surface area contributed by atoms with Crippen molar-refractivity contribution >= 4 is 22.8 Å². The number of carbonyl (C=O) groups excluding carboxylic acids is 1. The molecule has 210 valence electrons. The van der Waals surface area contributed by atoms with Gasteiger partial charge in [0.2, 0.25) is 5.70 Å². The monoisotopic (exact) mass is 557 g/mol. The van der Waals surface area contributed by atoms with E-state index in [0.717, 1.165) is 6.42 Å². The Morgan fingerprint density at radius 1 is 1.20 bits per heavy atom. The van der Waals surface area contributed by atoms with Gasteiger partial charge in [-0.1, -0.05) is 32.9 Å². The summed E-state index contributed by atoms with van der Waals surface area (Å²) in [6.07, 6.45) is 4.50. The Balaban J connectivity index is 1.47. The molecule has 0 radical (unpaired) electrons. The number of amides is 1. The number of allylic oxidation sites excluding steroid dienone is 1. The van der Waals surface area contributed by atoms with Crippen LogP contribution in [0.3, 0.4) is 0 Å². The number of nitrogens with zero attached hydrogens (tertiary/aromatic N) is 6. The smallest absolute Gasteiger partial charge is 0.252 e. The third-order valence-corrected chi connectivity index (χ3v) is 6.72. The van der Waals surface area contributed by atoms with Crippen molar-refractivity contribution in [3.8, 4) is 22.8 Å². The maximum Gasteiger partial charge on any atom is 0.252 e.